The molecule has 4 heteroatoms. The summed E-state index contributed by atoms with van der Waals surface area (Å²) in [6.07, 6.45) is 16.6. The average molecular weight is 342 g/mol. The Balaban J connectivity index is 3.48. The van der Waals surface area contributed by atoms with Crippen molar-refractivity contribution in [2.24, 2.45) is 5.73 Å². The molecule has 0 radical (unpaired) electrons. The Kier molecular flexibility index (Phi) is 15.3. The highest BCUT2D eigenvalue weighted by Gasteiger charge is 2.24. The van der Waals surface area contributed by atoms with Gasteiger partial charge in [-0.1, -0.05) is 83.3 Å². The number of ketones is 1. The summed E-state index contributed by atoms with van der Waals surface area (Å²) in [4.78, 5) is 11.0. The number of allylic oxidation sites excluding steroid dienone is 1. The van der Waals surface area contributed by atoms with Gasteiger partial charge in [0.25, 0.3) is 0 Å². The van der Waals surface area contributed by atoms with Crippen LogP contribution in [0.1, 0.15) is 90.9 Å². The van der Waals surface area contributed by atoms with Crippen LogP contribution in [0.25, 0.3) is 0 Å². The summed E-state index contributed by atoms with van der Waals surface area (Å²) in [6.45, 7) is 3.52. The van der Waals surface area contributed by atoms with Gasteiger partial charge in [0.15, 0.2) is 5.78 Å². The molecule has 0 rings (SSSR count). The monoisotopic (exact) mass is 341 g/mol. The maximum absolute atomic E-state index is 11.0. The molecule has 0 fully saturated rings. The van der Waals surface area contributed by atoms with Gasteiger partial charge < -0.3 is 15.9 Å². The average Bonchev–Trinajstić information content (AvgIpc) is 2.57. The van der Waals surface area contributed by atoms with Gasteiger partial charge in [-0.25, -0.2) is 0 Å². The first-order chi connectivity index (χ1) is 11.5. The van der Waals surface area contributed by atoms with Crippen LogP contribution in [0.5, 0.6) is 0 Å². The Bertz CT molecular complexity index is 331. The zero-order valence-corrected chi connectivity index (χ0v) is 15.8. The molecule has 0 aliphatic carbocycles. The van der Waals surface area contributed by atoms with Crippen LogP contribution in [-0.2, 0) is 4.79 Å². The van der Waals surface area contributed by atoms with Crippen LogP contribution >= 0.6 is 0 Å². The molecule has 0 saturated carbocycles. The van der Waals surface area contributed by atoms with Crippen molar-refractivity contribution < 1.29 is 15.0 Å². The van der Waals surface area contributed by atoms with Crippen molar-refractivity contribution in [2.75, 3.05) is 0 Å². The SMILES string of the molecule is CCCCCCCCCCCCC/C=C/[C@@H](O)[C@@H](N)C(O)C(C)=O. The van der Waals surface area contributed by atoms with E-state index in [0.717, 1.165) is 12.8 Å². The van der Waals surface area contributed by atoms with Crippen LogP contribution in [0.2, 0.25) is 0 Å². The van der Waals surface area contributed by atoms with E-state index >= 15 is 0 Å². The van der Waals surface area contributed by atoms with Crippen LogP contribution in [0, 0.1) is 0 Å². The second-order valence-electron chi connectivity index (χ2n) is 6.88. The molecule has 24 heavy (non-hydrogen) atoms. The predicted molar refractivity (Wildman–Crippen MR) is 101 cm³/mol. The Labute approximate surface area is 148 Å². The Morgan fingerprint density at radius 2 is 1.38 bits per heavy atom. The van der Waals surface area contributed by atoms with E-state index in [-0.39, 0.29) is 0 Å². The van der Waals surface area contributed by atoms with Crippen molar-refractivity contribution in [1.29, 1.82) is 0 Å². The highest BCUT2D eigenvalue weighted by atomic mass is 16.3. The second kappa shape index (κ2) is 15.8. The fourth-order valence-electron chi connectivity index (χ4n) is 2.75. The maximum Gasteiger partial charge on any atom is 0.159 e. The van der Waals surface area contributed by atoms with Crippen LogP contribution in [-0.4, -0.2) is 34.2 Å². The van der Waals surface area contributed by atoms with E-state index in [9.17, 15) is 15.0 Å². The molecule has 0 aliphatic heterocycles. The van der Waals surface area contributed by atoms with Gasteiger partial charge >= 0.3 is 0 Å². The number of hydrogen-bond acceptors (Lipinski definition) is 4. The normalized spacial score (nSPS) is 15.5. The van der Waals surface area contributed by atoms with Crippen molar-refractivity contribution in [1.82, 2.24) is 0 Å². The molecule has 0 aromatic carbocycles. The lowest BCUT2D eigenvalue weighted by molar-refractivity contribution is -0.127. The first-order valence-electron chi connectivity index (χ1n) is 9.79. The third kappa shape index (κ3) is 12.7. The summed E-state index contributed by atoms with van der Waals surface area (Å²) in [5, 5.41) is 19.3. The van der Waals surface area contributed by atoms with Gasteiger partial charge in [-0.3, -0.25) is 4.79 Å². The summed E-state index contributed by atoms with van der Waals surface area (Å²) in [5.41, 5.74) is 5.64. The van der Waals surface area contributed by atoms with E-state index in [1.54, 1.807) is 6.08 Å². The van der Waals surface area contributed by atoms with Crippen LogP contribution in [0.4, 0.5) is 0 Å². The van der Waals surface area contributed by atoms with Crippen molar-refractivity contribution in [3.8, 4) is 0 Å². The molecule has 0 bridgehead atoms. The van der Waals surface area contributed by atoms with Gasteiger partial charge in [-0.2, -0.15) is 0 Å². The zero-order valence-electron chi connectivity index (χ0n) is 15.8. The first-order valence-corrected chi connectivity index (χ1v) is 9.79. The van der Waals surface area contributed by atoms with Crippen LogP contribution < -0.4 is 5.73 Å². The lowest BCUT2D eigenvalue weighted by Crippen LogP contribution is -2.47. The molecule has 142 valence electrons. The maximum atomic E-state index is 11.0. The topological polar surface area (TPSA) is 83.6 Å². The largest absolute Gasteiger partial charge is 0.387 e. The van der Waals surface area contributed by atoms with Gasteiger partial charge in [0, 0.05) is 0 Å². The molecule has 0 amide bonds. The smallest absolute Gasteiger partial charge is 0.159 e. The number of unbranched alkanes of at least 4 members (excludes halogenated alkanes) is 11. The number of Topliss-reactive ketones (excluding diaryl/α,β-unsaturated/α-hetero) is 1. The summed E-state index contributed by atoms with van der Waals surface area (Å²) < 4.78 is 0. The molecular weight excluding hydrogens is 302 g/mol. The lowest BCUT2D eigenvalue weighted by atomic mass is 10.0. The minimum absolute atomic E-state index is 0.416. The fraction of sp³-hybridized carbons (Fsp3) is 0.850. The van der Waals surface area contributed by atoms with E-state index in [2.05, 4.69) is 6.92 Å². The Morgan fingerprint density at radius 1 is 0.917 bits per heavy atom. The number of nitrogens with two attached hydrogens (primary N) is 1. The molecule has 0 aliphatic rings. The number of aliphatic hydroxyl groups excluding tert-OH is 2. The van der Waals surface area contributed by atoms with E-state index in [1.807, 2.05) is 6.08 Å². The minimum Gasteiger partial charge on any atom is -0.387 e. The summed E-state index contributed by atoms with van der Waals surface area (Å²) in [5.74, 6) is -0.416. The molecule has 1 unspecified atom stereocenters. The highest BCUT2D eigenvalue weighted by molar-refractivity contribution is 5.81. The predicted octanol–water partition coefficient (Wildman–Crippen LogP) is 3.88. The van der Waals surface area contributed by atoms with E-state index in [0.29, 0.717) is 0 Å². The molecule has 3 atom stereocenters. The van der Waals surface area contributed by atoms with Gasteiger partial charge in [-0.15, -0.1) is 0 Å². The number of carbonyl (C=O) groups excluding carboxylic acids is 1. The molecule has 0 saturated heterocycles. The zero-order chi connectivity index (χ0) is 18.2. The fourth-order valence-corrected chi connectivity index (χ4v) is 2.75. The van der Waals surface area contributed by atoms with Crippen molar-refractivity contribution in [3.63, 3.8) is 0 Å². The lowest BCUT2D eigenvalue weighted by Gasteiger charge is -2.19. The molecule has 4 N–H and O–H groups in total. The molecular formula is C20H39NO3. The highest BCUT2D eigenvalue weighted by Crippen LogP contribution is 2.12. The quantitative estimate of drug-likeness (QED) is 0.294. The minimum atomic E-state index is -1.30. The molecule has 0 aromatic rings. The number of rotatable bonds is 16. The number of carbonyl (C=O) groups is 1. The summed E-state index contributed by atoms with van der Waals surface area (Å²) in [6, 6.07) is -0.948. The van der Waals surface area contributed by atoms with Gasteiger partial charge in [0.1, 0.15) is 6.10 Å². The van der Waals surface area contributed by atoms with Crippen molar-refractivity contribution in [2.45, 2.75) is 109 Å². The Morgan fingerprint density at radius 3 is 1.83 bits per heavy atom. The van der Waals surface area contributed by atoms with Gasteiger partial charge in [0.05, 0.1) is 12.1 Å². The number of aliphatic hydroxyl groups is 2. The second-order valence-corrected chi connectivity index (χ2v) is 6.88. The summed E-state index contributed by atoms with van der Waals surface area (Å²) >= 11 is 0. The molecule has 0 spiro atoms. The standard InChI is InChI=1S/C20H39NO3/c1-3-4-5-6-7-8-9-10-11-12-13-14-15-16-18(23)19(21)20(24)17(2)22/h15-16,18-20,23-24H,3-14,21H2,1-2H3/b16-15+/t18-,19-,20?/m1/s1. The van der Waals surface area contributed by atoms with Crippen LogP contribution in [0.15, 0.2) is 12.2 Å². The van der Waals surface area contributed by atoms with Crippen LogP contribution in [0.3, 0.4) is 0 Å². The third-order valence-corrected chi connectivity index (χ3v) is 4.48. The van der Waals surface area contributed by atoms with E-state index in [4.69, 9.17) is 5.73 Å². The van der Waals surface area contributed by atoms with E-state index < -0.39 is 24.0 Å². The van der Waals surface area contributed by atoms with Gasteiger partial charge in [-0.05, 0) is 19.8 Å². The first kappa shape index (κ1) is 23.3. The van der Waals surface area contributed by atoms with Crippen molar-refractivity contribution in [3.05, 3.63) is 12.2 Å². The molecule has 4 nitrogen and oxygen atoms in total. The Hall–Kier alpha value is -0.710. The molecule has 0 aromatic heterocycles. The molecule has 0 heterocycles. The van der Waals surface area contributed by atoms with E-state index in [1.165, 1.54) is 71.1 Å². The van der Waals surface area contributed by atoms with Crippen molar-refractivity contribution >= 4 is 5.78 Å². The third-order valence-electron chi connectivity index (χ3n) is 4.48. The number of hydrogen-bond donors (Lipinski definition) is 3. The van der Waals surface area contributed by atoms with Gasteiger partial charge in [0.2, 0.25) is 0 Å². The summed E-state index contributed by atoms with van der Waals surface area (Å²) in [7, 11) is 0.